The first-order chi connectivity index (χ1) is 23.1. The molecule has 1 heterocycles. The summed E-state index contributed by atoms with van der Waals surface area (Å²) in [6.45, 7) is 3.00. The molecule has 1 saturated heterocycles. The summed E-state index contributed by atoms with van der Waals surface area (Å²) >= 11 is 0. The van der Waals surface area contributed by atoms with Crippen molar-refractivity contribution in [2.75, 3.05) is 25.5 Å². The minimum atomic E-state index is -0.768. The van der Waals surface area contributed by atoms with Gasteiger partial charge in [-0.15, -0.1) is 0 Å². The predicted octanol–water partition coefficient (Wildman–Crippen LogP) is 6.43. The standard InChI is InChI=1S/C39H49N3O6/c1-24-35(22-42(2)21-34(45)31-4-3-5-33(44)17-31)47-37(48-36(24)29-8-6-25(23-43)7-9-29)30-10-12-32(13-11-30)40-38(46)41-39-18-26-14-27(19-39)16-28(15-26)20-39/h3-13,17,24,26-28,34-37,43-45H,14-16,18-23H2,1-2H3,(H2,40,41,46). The van der Waals surface area contributed by atoms with Crippen molar-refractivity contribution in [1.82, 2.24) is 10.2 Å². The molecule has 256 valence electrons. The lowest BCUT2D eigenvalue weighted by molar-refractivity contribution is -0.276. The first kappa shape index (κ1) is 33.0. The second-order valence-electron chi connectivity index (χ2n) is 15.1. The molecule has 9 nitrogen and oxygen atoms in total. The van der Waals surface area contributed by atoms with Gasteiger partial charge in [-0.05, 0) is 104 Å². The van der Waals surface area contributed by atoms with Crippen molar-refractivity contribution in [1.29, 1.82) is 0 Å². The Morgan fingerprint density at radius 3 is 2.21 bits per heavy atom. The maximum Gasteiger partial charge on any atom is 0.319 e. The highest BCUT2D eigenvalue weighted by Crippen LogP contribution is 2.55. The predicted molar refractivity (Wildman–Crippen MR) is 183 cm³/mol. The van der Waals surface area contributed by atoms with Gasteiger partial charge in [-0.1, -0.05) is 55.5 Å². The molecule has 5 aliphatic rings. The van der Waals surface area contributed by atoms with Crippen LogP contribution in [0.1, 0.15) is 86.2 Å². The van der Waals surface area contributed by atoms with Crippen LogP contribution in [0, 0.1) is 23.7 Å². The number of hydrogen-bond acceptors (Lipinski definition) is 7. The fourth-order valence-electron chi connectivity index (χ4n) is 9.23. The van der Waals surface area contributed by atoms with E-state index in [1.54, 1.807) is 24.3 Å². The van der Waals surface area contributed by atoms with Crippen LogP contribution in [0.3, 0.4) is 0 Å². The monoisotopic (exact) mass is 655 g/mol. The van der Waals surface area contributed by atoms with Crippen molar-refractivity contribution < 1.29 is 29.6 Å². The fourth-order valence-corrected chi connectivity index (χ4v) is 9.23. The summed E-state index contributed by atoms with van der Waals surface area (Å²) in [5.41, 5.74) is 4.01. The third kappa shape index (κ3) is 7.26. The van der Waals surface area contributed by atoms with Gasteiger partial charge in [-0.3, -0.25) is 0 Å². The molecule has 5 fully saturated rings. The van der Waals surface area contributed by atoms with E-state index >= 15 is 0 Å². The van der Waals surface area contributed by atoms with Gasteiger partial charge in [0.1, 0.15) is 5.75 Å². The highest BCUT2D eigenvalue weighted by molar-refractivity contribution is 5.89. The SMILES string of the molecule is CC1C(CN(C)CC(O)c2cccc(O)c2)OC(c2ccc(NC(=O)NC34CC5CC(CC(C5)C3)C4)cc2)OC1c1ccc(CO)cc1. The molecule has 5 atom stereocenters. The highest BCUT2D eigenvalue weighted by Gasteiger charge is 2.51. The first-order valence-corrected chi connectivity index (χ1v) is 17.5. The van der Waals surface area contributed by atoms with Crippen LogP contribution in [0.25, 0.3) is 0 Å². The lowest BCUT2D eigenvalue weighted by Gasteiger charge is -2.56. The van der Waals surface area contributed by atoms with Crippen molar-refractivity contribution >= 4 is 11.7 Å². The van der Waals surface area contributed by atoms with E-state index in [0.717, 1.165) is 59.4 Å². The van der Waals surface area contributed by atoms with Crippen LogP contribution in [-0.2, 0) is 16.1 Å². The lowest BCUT2D eigenvalue weighted by atomic mass is 9.53. The van der Waals surface area contributed by atoms with E-state index in [4.69, 9.17) is 9.47 Å². The number of likely N-dealkylation sites (N-methyl/N-ethyl adjacent to an activating group) is 1. The number of nitrogens with zero attached hydrogens (tertiary/aromatic N) is 1. The van der Waals surface area contributed by atoms with Crippen LogP contribution < -0.4 is 10.6 Å². The Hall–Kier alpha value is -3.47. The summed E-state index contributed by atoms with van der Waals surface area (Å²) in [6, 6.07) is 22.1. The Balaban J connectivity index is 1.03. The molecule has 4 aliphatic carbocycles. The number of rotatable bonds is 10. The number of phenolic OH excluding ortho intramolecular Hbond substituents is 1. The third-order valence-electron chi connectivity index (χ3n) is 11.2. The van der Waals surface area contributed by atoms with Crippen LogP contribution in [0.15, 0.2) is 72.8 Å². The Morgan fingerprint density at radius 2 is 1.58 bits per heavy atom. The van der Waals surface area contributed by atoms with E-state index in [2.05, 4.69) is 17.6 Å². The number of benzene rings is 3. The van der Waals surface area contributed by atoms with Gasteiger partial charge in [0.25, 0.3) is 0 Å². The van der Waals surface area contributed by atoms with Crippen molar-refractivity contribution in [2.24, 2.45) is 23.7 Å². The lowest BCUT2D eigenvalue weighted by Crippen LogP contribution is -2.60. The van der Waals surface area contributed by atoms with Crippen molar-refractivity contribution in [3.05, 3.63) is 95.1 Å². The number of hydrogen-bond donors (Lipinski definition) is 5. The number of carbonyl (C=O) groups excluding carboxylic acids is 1. The van der Waals surface area contributed by atoms with Gasteiger partial charge in [0.15, 0.2) is 6.29 Å². The van der Waals surface area contributed by atoms with Crippen LogP contribution in [0.4, 0.5) is 10.5 Å². The van der Waals surface area contributed by atoms with E-state index in [9.17, 15) is 20.1 Å². The van der Waals surface area contributed by atoms with Gasteiger partial charge in [-0.25, -0.2) is 4.79 Å². The normalized spacial score (nSPS) is 31.5. The van der Waals surface area contributed by atoms with Crippen molar-refractivity contribution in [3.8, 4) is 5.75 Å². The van der Waals surface area contributed by atoms with Crippen LogP contribution >= 0.6 is 0 Å². The number of ether oxygens (including phenoxy) is 2. The maximum absolute atomic E-state index is 13.2. The molecule has 5 N–H and O–H groups in total. The van der Waals surface area contributed by atoms with E-state index < -0.39 is 12.4 Å². The van der Waals surface area contributed by atoms with Gasteiger partial charge in [0.2, 0.25) is 0 Å². The number of phenols is 1. The van der Waals surface area contributed by atoms with Gasteiger partial charge < -0.3 is 40.3 Å². The van der Waals surface area contributed by atoms with E-state index in [0.29, 0.717) is 18.7 Å². The molecule has 8 rings (SSSR count). The largest absolute Gasteiger partial charge is 0.508 e. The van der Waals surface area contributed by atoms with Crippen LogP contribution in [-0.4, -0.2) is 58.0 Å². The molecule has 3 aromatic rings. The number of urea groups is 1. The molecule has 0 spiro atoms. The third-order valence-corrected chi connectivity index (χ3v) is 11.2. The summed E-state index contributed by atoms with van der Waals surface area (Å²) < 4.78 is 13.2. The first-order valence-electron chi connectivity index (χ1n) is 17.5. The number of amides is 2. The van der Waals surface area contributed by atoms with Gasteiger partial charge >= 0.3 is 6.03 Å². The van der Waals surface area contributed by atoms with Crippen molar-refractivity contribution in [3.63, 3.8) is 0 Å². The molecule has 1 aliphatic heterocycles. The Labute approximate surface area is 283 Å². The maximum atomic E-state index is 13.2. The number of aliphatic hydroxyl groups excluding tert-OH is 2. The molecule has 0 radical (unpaired) electrons. The number of anilines is 1. The molecule has 2 amide bonds. The number of nitrogens with one attached hydrogen (secondary N) is 2. The molecular formula is C39H49N3O6. The number of carbonyl (C=O) groups is 1. The molecule has 5 unspecified atom stereocenters. The summed E-state index contributed by atoms with van der Waals surface area (Å²) in [7, 11) is 1.95. The van der Waals surface area contributed by atoms with Gasteiger partial charge in [0, 0.05) is 35.8 Å². The second-order valence-corrected chi connectivity index (χ2v) is 15.1. The Kier molecular flexibility index (Phi) is 9.50. The average molecular weight is 656 g/mol. The second kappa shape index (κ2) is 13.8. The van der Waals surface area contributed by atoms with E-state index in [1.807, 2.05) is 60.5 Å². The minimum absolute atomic E-state index is 0.0178. The molecular weight excluding hydrogens is 606 g/mol. The topological polar surface area (TPSA) is 124 Å². The van der Waals surface area contributed by atoms with Crippen LogP contribution in [0.5, 0.6) is 5.75 Å². The average Bonchev–Trinajstić information content (AvgIpc) is 3.05. The highest BCUT2D eigenvalue weighted by atomic mass is 16.7. The minimum Gasteiger partial charge on any atom is -0.508 e. The number of aliphatic hydroxyl groups is 2. The summed E-state index contributed by atoms with van der Waals surface area (Å²) in [5.74, 6) is 2.39. The fraction of sp³-hybridized carbons (Fsp3) is 0.513. The van der Waals surface area contributed by atoms with E-state index in [-0.39, 0.29) is 42.1 Å². The van der Waals surface area contributed by atoms with Crippen LogP contribution in [0.2, 0.25) is 0 Å². The molecule has 48 heavy (non-hydrogen) atoms. The molecule has 4 saturated carbocycles. The summed E-state index contributed by atoms with van der Waals surface area (Å²) in [4.78, 5) is 15.2. The van der Waals surface area contributed by atoms with Crippen molar-refractivity contribution in [2.45, 2.75) is 82.2 Å². The molecule has 4 bridgehead atoms. The van der Waals surface area contributed by atoms with Gasteiger partial charge in [0.05, 0.1) is 24.9 Å². The molecule has 3 aromatic carbocycles. The smallest absolute Gasteiger partial charge is 0.319 e. The quantitative estimate of drug-likeness (QED) is 0.171. The Bertz CT molecular complexity index is 1530. The molecule has 9 heteroatoms. The zero-order chi connectivity index (χ0) is 33.4. The summed E-state index contributed by atoms with van der Waals surface area (Å²) in [5, 5.41) is 36.8. The summed E-state index contributed by atoms with van der Waals surface area (Å²) in [6.07, 6.45) is 5.41. The molecule has 0 aromatic heterocycles. The Morgan fingerprint density at radius 1 is 0.938 bits per heavy atom. The van der Waals surface area contributed by atoms with E-state index in [1.165, 1.54) is 19.3 Å². The number of aromatic hydroxyl groups is 1. The zero-order valence-electron chi connectivity index (χ0n) is 27.9. The zero-order valence-corrected chi connectivity index (χ0v) is 27.9. The van der Waals surface area contributed by atoms with Gasteiger partial charge in [-0.2, -0.15) is 0 Å².